The Hall–Kier alpha value is -7.16. The monoisotopic (exact) mass is 850 g/mol. The summed E-state index contributed by atoms with van der Waals surface area (Å²) in [6.07, 6.45) is 5.47. The summed E-state index contributed by atoms with van der Waals surface area (Å²) in [6.45, 7) is 5.32. The summed E-state index contributed by atoms with van der Waals surface area (Å²) in [5.74, 6) is 1.75. The van der Waals surface area contributed by atoms with Crippen LogP contribution in [-0.2, 0) is 25.7 Å². The molecule has 5 heterocycles. The molecular weight excluding hydrogens is 801 g/mol. The largest absolute Gasteiger partial charge is 0.488 e. The van der Waals surface area contributed by atoms with Gasteiger partial charge in [0.15, 0.2) is 0 Å². The number of likely N-dealkylation sites (tertiary alicyclic amines) is 2. The normalized spacial score (nSPS) is 17.7. The minimum atomic E-state index is -0.891. The zero-order valence-corrected chi connectivity index (χ0v) is 35.6. The Balaban J connectivity index is 0.913. The maximum atomic E-state index is 14.0. The van der Waals surface area contributed by atoms with Crippen molar-refractivity contribution in [3.63, 3.8) is 0 Å². The van der Waals surface area contributed by atoms with E-state index in [9.17, 15) is 19.2 Å². The molecule has 324 valence electrons. The molecule has 3 aliphatic heterocycles. The van der Waals surface area contributed by atoms with Gasteiger partial charge in [-0.15, -0.1) is 0 Å². The highest BCUT2D eigenvalue weighted by Crippen LogP contribution is 2.44. The number of hydrogen-bond donors (Lipinski definition) is 4. The molecule has 9 rings (SSSR count). The second kappa shape index (κ2) is 17.3. The summed E-state index contributed by atoms with van der Waals surface area (Å²) in [4.78, 5) is 72.0. The van der Waals surface area contributed by atoms with Crippen LogP contribution in [-0.4, -0.2) is 87.1 Å². The SMILES string of the molecule is COC(=O)N[C@H](C(=O)N1CCC[C@H]1c1ncc(-c2ccc3c4c(ccc3c2)-c2ccc(-c3cnc([C@@H]5CCCN5C(=O)[C@H](NC(=O)OC)c5ccccc5)[nH]3)cc2CO4)[nH]1)C(C)C. The molecule has 15 heteroatoms. The number of carbonyl (C=O) groups excluding carboxylic acids is 4. The minimum Gasteiger partial charge on any atom is -0.488 e. The van der Waals surface area contributed by atoms with Gasteiger partial charge in [-0.3, -0.25) is 9.59 Å². The average Bonchev–Trinajstić information content (AvgIpc) is 4.16. The van der Waals surface area contributed by atoms with Crippen molar-refractivity contribution in [1.82, 2.24) is 40.4 Å². The fourth-order valence-electron chi connectivity index (χ4n) is 9.22. The van der Waals surface area contributed by atoms with Crippen LogP contribution in [0.1, 0.15) is 80.4 Å². The minimum absolute atomic E-state index is 0.117. The molecule has 6 aromatic rings. The number of nitrogens with one attached hydrogen (secondary N) is 4. The van der Waals surface area contributed by atoms with Crippen molar-refractivity contribution < 1.29 is 33.4 Å². The van der Waals surface area contributed by atoms with Crippen LogP contribution in [0.15, 0.2) is 91.3 Å². The summed E-state index contributed by atoms with van der Waals surface area (Å²) in [5, 5.41) is 7.45. The number of ether oxygens (including phenoxy) is 3. The van der Waals surface area contributed by atoms with Gasteiger partial charge >= 0.3 is 12.2 Å². The van der Waals surface area contributed by atoms with E-state index >= 15 is 0 Å². The molecule has 4 atom stereocenters. The van der Waals surface area contributed by atoms with Crippen LogP contribution < -0.4 is 15.4 Å². The Morgan fingerprint density at radius 2 is 1.33 bits per heavy atom. The van der Waals surface area contributed by atoms with Gasteiger partial charge in [0.25, 0.3) is 5.91 Å². The van der Waals surface area contributed by atoms with Gasteiger partial charge in [0.1, 0.15) is 36.1 Å². The van der Waals surface area contributed by atoms with Crippen LogP contribution in [0.25, 0.3) is 44.4 Å². The first-order valence-corrected chi connectivity index (χ1v) is 21.4. The standard InChI is InChI=1S/C48H50N8O7/c1-27(2)40(53-47(59)61-3)45(57)55-20-8-12-38(55)43-49-24-36(51-43)30-16-18-34-29(22-30)14-19-35-33-17-15-31(23-32(33)26-63-42(34)35)37-25-50-44(52-37)39-13-9-21-56(39)46(58)41(54-48(60)62-4)28-10-6-5-7-11-28/h5-7,10-11,14-19,22-25,27,38-41H,8-9,12-13,20-21,26H2,1-4H3,(H,49,51)(H,50,52)(H,53,59)(H,54,60)/t38-,39-,40-,41+/m0/s1. The van der Waals surface area contributed by atoms with Crippen molar-refractivity contribution in [2.24, 2.45) is 5.92 Å². The van der Waals surface area contributed by atoms with Crippen molar-refractivity contribution in [3.8, 4) is 39.4 Å². The number of carbonyl (C=O) groups is 4. The van der Waals surface area contributed by atoms with Crippen LogP contribution in [0.5, 0.6) is 5.75 Å². The van der Waals surface area contributed by atoms with E-state index in [0.717, 1.165) is 81.4 Å². The Bertz CT molecular complexity index is 2690. The van der Waals surface area contributed by atoms with E-state index in [1.807, 2.05) is 55.3 Å². The summed E-state index contributed by atoms with van der Waals surface area (Å²) in [7, 11) is 2.57. The second-order valence-corrected chi connectivity index (χ2v) is 16.6. The topological polar surface area (TPSA) is 184 Å². The zero-order valence-electron chi connectivity index (χ0n) is 35.6. The molecule has 0 aliphatic carbocycles. The van der Waals surface area contributed by atoms with Crippen LogP contribution >= 0.6 is 0 Å². The molecular formula is C48H50N8O7. The molecule has 2 saturated heterocycles. The Kier molecular flexibility index (Phi) is 11.3. The summed E-state index contributed by atoms with van der Waals surface area (Å²) < 4.78 is 16.1. The molecule has 4 N–H and O–H groups in total. The van der Waals surface area contributed by atoms with Gasteiger partial charge in [0.2, 0.25) is 5.91 Å². The number of rotatable bonds is 10. The number of aromatic nitrogens is 4. The fraction of sp³-hybridized carbons (Fsp3) is 0.333. The van der Waals surface area contributed by atoms with Crippen LogP contribution in [0.4, 0.5) is 9.59 Å². The number of fused-ring (bicyclic) bond motifs is 5. The Morgan fingerprint density at radius 1 is 0.730 bits per heavy atom. The molecule has 0 saturated carbocycles. The van der Waals surface area contributed by atoms with E-state index in [2.05, 4.69) is 69.1 Å². The van der Waals surface area contributed by atoms with E-state index in [0.29, 0.717) is 36.9 Å². The average molecular weight is 851 g/mol. The molecule has 0 unspecified atom stereocenters. The lowest BCUT2D eigenvalue weighted by Gasteiger charge is -2.30. The molecule has 0 bridgehead atoms. The molecule has 4 aromatic carbocycles. The summed E-state index contributed by atoms with van der Waals surface area (Å²) in [6, 6.07) is 23.9. The second-order valence-electron chi connectivity index (χ2n) is 16.6. The van der Waals surface area contributed by atoms with Gasteiger partial charge < -0.3 is 44.6 Å². The predicted molar refractivity (Wildman–Crippen MR) is 235 cm³/mol. The number of alkyl carbamates (subject to hydrolysis) is 2. The van der Waals surface area contributed by atoms with Gasteiger partial charge in [-0.05, 0) is 77.4 Å². The third-order valence-electron chi connectivity index (χ3n) is 12.5. The molecule has 4 amide bonds. The van der Waals surface area contributed by atoms with Crippen LogP contribution in [0, 0.1) is 5.92 Å². The van der Waals surface area contributed by atoms with Gasteiger partial charge in [0, 0.05) is 29.6 Å². The number of amides is 4. The first kappa shape index (κ1) is 41.2. The maximum absolute atomic E-state index is 14.0. The summed E-state index contributed by atoms with van der Waals surface area (Å²) in [5.41, 5.74) is 7.43. The lowest BCUT2D eigenvalue weighted by Crippen LogP contribution is -2.51. The number of imidazole rings is 2. The smallest absolute Gasteiger partial charge is 0.407 e. The quantitative estimate of drug-likeness (QED) is 0.106. The highest BCUT2D eigenvalue weighted by Gasteiger charge is 2.39. The number of methoxy groups -OCH3 is 2. The number of H-pyrrole nitrogens is 2. The molecule has 63 heavy (non-hydrogen) atoms. The number of hydrogen-bond acceptors (Lipinski definition) is 9. The third-order valence-corrected chi connectivity index (χ3v) is 12.5. The van der Waals surface area contributed by atoms with Gasteiger partial charge in [-0.2, -0.15) is 0 Å². The van der Waals surface area contributed by atoms with E-state index in [4.69, 9.17) is 24.2 Å². The zero-order chi connectivity index (χ0) is 43.8. The van der Waals surface area contributed by atoms with Gasteiger partial charge in [-0.1, -0.05) is 74.5 Å². The van der Waals surface area contributed by atoms with E-state index in [-0.39, 0.29) is 29.8 Å². The number of aromatic amines is 2. The van der Waals surface area contributed by atoms with Crippen molar-refractivity contribution in [1.29, 1.82) is 0 Å². The van der Waals surface area contributed by atoms with Crippen LogP contribution in [0.2, 0.25) is 0 Å². The van der Waals surface area contributed by atoms with Crippen molar-refractivity contribution in [2.75, 3.05) is 27.3 Å². The summed E-state index contributed by atoms with van der Waals surface area (Å²) >= 11 is 0. The van der Waals surface area contributed by atoms with Gasteiger partial charge in [-0.25, -0.2) is 19.6 Å². The molecule has 0 radical (unpaired) electrons. The fourth-order valence-corrected chi connectivity index (χ4v) is 9.22. The highest BCUT2D eigenvalue weighted by molar-refractivity contribution is 5.98. The van der Waals surface area contributed by atoms with E-state index in [1.165, 1.54) is 14.2 Å². The van der Waals surface area contributed by atoms with Crippen molar-refractivity contribution in [3.05, 3.63) is 114 Å². The van der Waals surface area contributed by atoms with E-state index in [1.54, 1.807) is 11.1 Å². The number of nitrogens with zero attached hydrogens (tertiary/aromatic N) is 4. The first-order valence-electron chi connectivity index (χ1n) is 21.4. The molecule has 2 fully saturated rings. The van der Waals surface area contributed by atoms with Crippen LogP contribution in [0.3, 0.4) is 0 Å². The van der Waals surface area contributed by atoms with Crippen molar-refractivity contribution in [2.45, 2.75) is 70.3 Å². The third kappa shape index (κ3) is 7.94. The lowest BCUT2D eigenvalue weighted by atomic mass is 9.92. The van der Waals surface area contributed by atoms with E-state index < -0.39 is 24.3 Å². The molecule has 2 aromatic heterocycles. The highest BCUT2D eigenvalue weighted by atomic mass is 16.5. The van der Waals surface area contributed by atoms with Gasteiger partial charge in [0.05, 0.1) is 50.1 Å². The van der Waals surface area contributed by atoms with Crippen molar-refractivity contribution >= 4 is 34.8 Å². The first-order chi connectivity index (χ1) is 30.6. The maximum Gasteiger partial charge on any atom is 0.407 e. The molecule has 15 nitrogen and oxygen atoms in total. The molecule has 0 spiro atoms. The molecule has 3 aliphatic rings. The Morgan fingerprint density at radius 3 is 1.98 bits per heavy atom. The Labute approximate surface area is 364 Å². The predicted octanol–water partition coefficient (Wildman–Crippen LogP) is 7.98. The number of benzene rings is 4. The lowest BCUT2D eigenvalue weighted by molar-refractivity contribution is -0.135.